The van der Waals surface area contributed by atoms with Crippen LogP contribution in [-0.4, -0.2) is 43.2 Å². The molecule has 0 spiro atoms. The maximum Gasteiger partial charge on any atom is 0.339 e. The van der Waals surface area contributed by atoms with Crippen molar-refractivity contribution in [1.82, 2.24) is 4.98 Å². The van der Waals surface area contributed by atoms with E-state index in [1.54, 1.807) is 66.9 Å². The smallest absolute Gasteiger partial charge is 0.339 e. The van der Waals surface area contributed by atoms with E-state index in [0.717, 1.165) is 0 Å². The summed E-state index contributed by atoms with van der Waals surface area (Å²) >= 11 is 0. The number of methoxy groups -OCH3 is 1. The number of rotatable bonds is 8. The molecule has 1 saturated carbocycles. The molecule has 1 fully saturated rings. The number of pyridine rings is 1. The molecule has 0 aliphatic heterocycles. The van der Waals surface area contributed by atoms with E-state index < -0.39 is 17.9 Å². The lowest BCUT2D eigenvalue weighted by Crippen LogP contribution is -2.42. The van der Waals surface area contributed by atoms with Gasteiger partial charge in [0.2, 0.25) is 0 Å². The summed E-state index contributed by atoms with van der Waals surface area (Å²) in [6.45, 7) is 0.293. The molecule has 7 heteroatoms. The van der Waals surface area contributed by atoms with E-state index in [2.05, 4.69) is 4.98 Å². The summed E-state index contributed by atoms with van der Waals surface area (Å²) in [4.78, 5) is 41.6. The summed E-state index contributed by atoms with van der Waals surface area (Å²) in [5, 5.41) is 0. The van der Waals surface area contributed by atoms with E-state index >= 15 is 0 Å². The molecule has 1 aliphatic rings. The average Bonchev–Trinajstić information content (AvgIpc) is 2.88. The van der Waals surface area contributed by atoms with Gasteiger partial charge in [0, 0.05) is 24.0 Å². The van der Waals surface area contributed by atoms with Gasteiger partial charge in [-0.2, -0.15) is 0 Å². The maximum atomic E-state index is 12.5. The highest BCUT2D eigenvalue weighted by molar-refractivity contribution is 5.91. The largest absolute Gasteiger partial charge is 0.465 e. The Bertz CT molecular complexity index is 1150. The molecule has 1 heterocycles. The number of ether oxygens (including phenoxy) is 3. The lowest BCUT2D eigenvalue weighted by atomic mass is 9.63. The van der Waals surface area contributed by atoms with E-state index in [1.807, 2.05) is 12.1 Å². The van der Waals surface area contributed by atoms with Crippen LogP contribution in [0.4, 0.5) is 0 Å². The molecule has 4 rings (SSSR count). The molecular weight excluding hydrogens is 434 g/mol. The van der Waals surface area contributed by atoms with Crippen LogP contribution < -0.4 is 0 Å². The first-order valence-corrected chi connectivity index (χ1v) is 11.1. The molecule has 0 amide bonds. The van der Waals surface area contributed by atoms with Gasteiger partial charge in [0.05, 0.1) is 42.7 Å². The van der Waals surface area contributed by atoms with E-state index in [4.69, 9.17) is 14.2 Å². The monoisotopic (exact) mass is 459 g/mol. The molecule has 0 N–H and O–H groups in total. The number of carbonyl (C=O) groups excluding carboxylic acids is 3. The molecule has 3 atom stereocenters. The van der Waals surface area contributed by atoms with Crippen molar-refractivity contribution in [2.24, 2.45) is 11.8 Å². The summed E-state index contributed by atoms with van der Waals surface area (Å²) in [6.07, 6.45) is 2.26. The number of aromatic nitrogens is 1. The van der Waals surface area contributed by atoms with Gasteiger partial charge in [-0.3, -0.25) is 4.98 Å². The van der Waals surface area contributed by atoms with Crippen LogP contribution >= 0.6 is 0 Å². The lowest BCUT2D eigenvalue weighted by Gasteiger charge is -2.44. The van der Waals surface area contributed by atoms with E-state index in [-0.39, 0.29) is 31.0 Å². The fourth-order valence-corrected chi connectivity index (χ4v) is 4.23. The highest BCUT2D eigenvalue weighted by Gasteiger charge is 2.45. The van der Waals surface area contributed by atoms with Crippen molar-refractivity contribution < 1.29 is 28.6 Å². The van der Waals surface area contributed by atoms with Gasteiger partial charge in [0.15, 0.2) is 0 Å². The molecule has 1 unspecified atom stereocenters. The van der Waals surface area contributed by atoms with Gasteiger partial charge in [0.25, 0.3) is 0 Å². The third-order valence-electron chi connectivity index (χ3n) is 6.13. The molecule has 7 nitrogen and oxygen atoms in total. The Kier molecular flexibility index (Phi) is 7.32. The number of benzene rings is 2. The van der Waals surface area contributed by atoms with Gasteiger partial charge in [0.1, 0.15) is 0 Å². The van der Waals surface area contributed by atoms with Crippen LogP contribution in [0.2, 0.25) is 0 Å². The highest BCUT2D eigenvalue weighted by atomic mass is 16.5. The first-order chi connectivity index (χ1) is 16.6. The van der Waals surface area contributed by atoms with Crippen molar-refractivity contribution in [2.75, 3.05) is 20.3 Å². The summed E-state index contributed by atoms with van der Waals surface area (Å²) in [5.41, 5.74) is 1.91. The number of nitrogens with zero attached hydrogens (tertiary/aromatic N) is 1. The zero-order valence-corrected chi connectivity index (χ0v) is 18.8. The normalized spacial score (nSPS) is 18.9. The number of esters is 3. The van der Waals surface area contributed by atoms with Crippen molar-refractivity contribution in [2.45, 2.75) is 12.3 Å². The quantitative estimate of drug-likeness (QED) is 0.366. The van der Waals surface area contributed by atoms with Crippen molar-refractivity contribution in [1.29, 1.82) is 0 Å². The third kappa shape index (κ3) is 5.14. The Balaban J connectivity index is 1.48. The molecule has 174 valence electrons. The van der Waals surface area contributed by atoms with Gasteiger partial charge in [-0.15, -0.1) is 0 Å². The standard InChI is InChI=1S/C27H25NO6/c1-32-27(31)21-13-8-14-28-24(21)22-15-20(16-33-25(29)18-9-4-2-5-10-18)23(22)17-34-26(30)19-11-6-3-7-12-19/h2-14,20,22-23H,15-17H2,1H3/t20-,22?,23-/m1/s1. The summed E-state index contributed by atoms with van der Waals surface area (Å²) < 4.78 is 16.1. The molecule has 2 aromatic carbocycles. The predicted molar refractivity (Wildman–Crippen MR) is 123 cm³/mol. The van der Waals surface area contributed by atoms with Crippen LogP contribution in [0.25, 0.3) is 0 Å². The number of hydrogen-bond donors (Lipinski definition) is 0. The van der Waals surface area contributed by atoms with Gasteiger partial charge in [-0.1, -0.05) is 36.4 Å². The van der Waals surface area contributed by atoms with E-state index in [0.29, 0.717) is 28.8 Å². The zero-order valence-electron chi connectivity index (χ0n) is 18.8. The topological polar surface area (TPSA) is 91.8 Å². The Morgan fingerprint density at radius 2 is 1.38 bits per heavy atom. The number of hydrogen-bond acceptors (Lipinski definition) is 7. The van der Waals surface area contributed by atoms with Crippen LogP contribution in [0.1, 0.15) is 49.1 Å². The number of carbonyl (C=O) groups is 3. The Morgan fingerprint density at radius 3 is 1.97 bits per heavy atom. The highest BCUT2D eigenvalue weighted by Crippen LogP contribution is 2.48. The zero-order chi connectivity index (χ0) is 23.9. The van der Waals surface area contributed by atoms with Crippen LogP contribution in [0, 0.1) is 11.8 Å². The summed E-state index contributed by atoms with van der Waals surface area (Å²) in [6, 6.07) is 20.9. The molecule has 0 radical (unpaired) electrons. The second kappa shape index (κ2) is 10.7. The minimum atomic E-state index is -0.470. The van der Waals surface area contributed by atoms with Crippen LogP contribution in [-0.2, 0) is 14.2 Å². The van der Waals surface area contributed by atoms with Gasteiger partial charge in [-0.05, 0) is 42.8 Å². The first-order valence-electron chi connectivity index (χ1n) is 11.1. The van der Waals surface area contributed by atoms with Crippen LogP contribution in [0.15, 0.2) is 79.0 Å². The Morgan fingerprint density at radius 1 is 0.794 bits per heavy atom. The Labute approximate surface area is 197 Å². The minimum absolute atomic E-state index is 0.0475. The lowest BCUT2D eigenvalue weighted by molar-refractivity contribution is -0.0160. The van der Waals surface area contributed by atoms with Gasteiger partial charge < -0.3 is 14.2 Å². The average molecular weight is 459 g/mol. The van der Waals surface area contributed by atoms with Crippen LogP contribution in [0.5, 0.6) is 0 Å². The van der Waals surface area contributed by atoms with Crippen molar-refractivity contribution in [3.8, 4) is 0 Å². The van der Waals surface area contributed by atoms with Crippen molar-refractivity contribution in [3.63, 3.8) is 0 Å². The van der Waals surface area contributed by atoms with Crippen LogP contribution in [0.3, 0.4) is 0 Å². The minimum Gasteiger partial charge on any atom is -0.465 e. The fourth-order valence-electron chi connectivity index (χ4n) is 4.23. The molecule has 0 saturated heterocycles. The van der Waals surface area contributed by atoms with E-state index in [1.165, 1.54) is 7.11 Å². The van der Waals surface area contributed by atoms with Crippen molar-refractivity contribution >= 4 is 17.9 Å². The Hall–Kier alpha value is -4.00. The maximum absolute atomic E-state index is 12.5. The SMILES string of the molecule is COC(=O)c1cccnc1C1C[C@H](COC(=O)c2ccccc2)[C@H]1COC(=O)c1ccccc1. The second-order valence-corrected chi connectivity index (χ2v) is 8.12. The third-order valence-corrected chi connectivity index (χ3v) is 6.13. The molecule has 0 bridgehead atoms. The molecule has 3 aromatic rings. The fraction of sp³-hybridized carbons (Fsp3) is 0.259. The molecule has 1 aromatic heterocycles. The van der Waals surface area contributed by atoms with Crippen molar-refractivity contribution in [3.05, 3.63) is 101 Å². The molecular formula is C27H25NO6. The molecule has 34 heavy (non-hydrogen) atoms. The second-order valence-electron chi connectivity index (χ2n) is 8.12. The predicted octanol–water partition coefficient (Wildman–Crippen LogP) is 4.30. The molecule has 1 aliphatic carbocycles. The first kappa shape index (κ1) is 23.2. The van der Waals surface area contributed by atoms with Gasteiger partial charge in [-0.25, -0.2) is 14.4 Å². The van der Waals surface area contributed by atoms with Gasteiger partial charge >= 0.3 is 17.9 Å². The summed E-state index contributed by atoms with van der Waals surface area (Å²) in [7, 11) is 1.32. The summed E-state index contributed by atoms with van der Waals surface area (Å²) in [5.74, 6) is -1.66. The van der Waals surface area contributed by atoms with E-state index in [9.17, 15) is 14.4 Å².